The van der Waals surface area contributed by atoms with E-state index >= 15 is 0 Å². The predicted molar refractivity (Wildman–Crippen MR) is 69.8 cm³/mol. The first-order valence-electron chi connectivity index (χ1n) is 6.20. The maximum Gasteiger partial charge on any atom is 0.0606 e. The highest BCUT2D eigenvalue weighted by Crippen LogP contribution is 2.21. The molecule has 2 atom stereocenters. The third-order valence-electron chi connectivity index (χ3n) is 3.55. The van der Waals surface area contributed by atoms with E-state index in [4.69, 9.17) is 0 Å². The van der Waals surface area contributed by atoms with E-state index in [9.17, 15) is 5.11 Å². The smallest absolute Gasteiger partial charge is 0.0606 e. The molecule has 90 valence electrons. The molecule has 0 spiro atoms. The summed E-state index contributed by atoms with van der Waals surface area (Å²) in [4.78, 5) is 0. The van der Waals surface area contributed by atoms with Crippen LogP contribution in [0.15, 0.2) is 12.1 Å². The van der Waals surface area contributed by atoms with E-state index in [1.54, 1.807) is 0 Å². The molecule has 0 radical (unpaired) electrons. The zero-order chi connectivity index (χ0) is 12.3. The van der Waals surface area contributed by atoms with E-state index in [0.29, 0.717) is 5.92 Å². The molecule has 16 heavy (non-hydrogen) atoms. The van der Waals surface area contributed by atoms with Crippen LogP contribution in [0.25, 0.3) is 0 Å². The van der Waals surface area contributed by atoms with Crippen LogP contribution in [0, 0.1) is 26.7 Å². The van der Waals surface area contributed by atoms with Gasteiger partial charge in [-0.2, -0.15) is 0 Å². The molecule has 1 aromatic carbocycles. The van der Waals surface area contributed by atoms with Crippen LogP contribution in [-0.2, 0) is 6.42 Å². The van der Waals surface area contributed by atoms with Gasteiger partial charge in [0.25, 0.3) is 0 Å². The van der Waals surface area contributed by atoms with Gasteiger partial charge in [-0.25, -0.2) is 0 Å². The fourth-order valence-corrected chi connectivity index (χ4v) is 2.21. The SMILES string of the molecule is CCC(C)C(O)Cc1c(C)cc(C)cc1C. The summed E-state index contributed by atoms with van der Waals surface area (Å²) in [6, 6.07) is 4.40. The van der Waals surface area contributed by atoms with Gasteiger partial charge in [0.15, 0.2) is 0 Å². The number of aryl methyl sites for hydroxylation is 3. The first-order chi connectivity index (χ1) is 7.45. The second kappa shape index (κ2) is 5.49. The van der Waals surface area contributed by atoms with Crippen molar-refractivity contribution in [1.29, 1.82) is 0 Å². The lowest BCUT2D eigenvalue weighted by Gasteiger charge is -2.20. The second-order valence-corrected chi connectivity index (χ2v) is 5.03. The molecule has 1 rings (SSSR count). The Labute approximate surface area is 99.5 Å². The summed E-state index contributed by atoms with van der Waals surface area (Å²) in [7, 11) is 0. The molecule has 0 saturated heterocycles. The Morgan fingerprint density at radius 3 is 2.06 bits per heavy atom. The first kappa shape index (κ1) is 13.2. The molecule has 0 fully saturated rings. The van der Waals surface area contributed by atoms with Crippen LogP contribution in [0.2, 0.25) is 0 Å². The summed E-state index contributed by atoms with van der Waals surface area (Å²) in [6.07, 6.45) is 1.60. The molecule has 0 aliphatic carbocycles. The van der Waals surface area contributed by atoms with Gasteiger partial charge in [-0.05, 0) is 49.8 Å². The lowest BCUT2D eigenvalue weighted by Crippen LogP contribution is -2.20. The van der Waals surface area contributed by atoms with E-state index in [0.717, 1.165) is 12.8 Å². The Morgan fingerprint density at radius 2 is 1.62 bits per heavy atom. The van der Waals surface area contributed by atoms with E-state index in [1.165, 1.54) is 22.3 Å². The summed E-state index contributed by atoms with van der Waals surface area (Å²) in [5.41, 5.74) is 5.23. The Hall–Kier alpha value is -0.820. The maximum atomic E-state index is 10.1. The Bertz CT molecular complexity index is 331. The van der Waals surface area contributed by atoms with Crippen molar-refractivity contribution in [3.8, 4) is 0 Å². The fraction of sp³-hybridized carbons (Fsp3) is 0.600. The van der Waals surface area contributed by atoms with Gasteiger partial charge in [-0.3, -0.25) is 0 Å². The molecule has 0 heterocycles. The minimum absolute atomic E-state index is 0.217. The standard InChI is InChI=1S/C15H24O/c1-6-11(3)15(16)9-14-12(4)7-10(2)8-13(14)5/h7-8,11,15-16H,6,9H2,1-5H3. The van der Waals surface area contributed by atoms with Crippen LogP contribution in [-0.4, -0.2) is 11.2 Å². The number of hydrogen-bond donors (Lipinski definition) is 1. The third-order valence-corrected chi connectivity index (χ3v) is 3.55. The maximum absolute atomic E-state index is 10.1. The highest BCUT2D eigenvalue weighted by molar-refractivity contribution is 5.37. The molecule has 0 aliphatic rings. The minimum atomic E-state index is -0.217. The van der Waals surface area contributed by atoms with E-state index in [2.05, 4.69) is 46.8 Å². The zero-order valence-corrected chi connectivity index (χ0v) is 11.2. The van der Waals surface area contributed by atoms with Crippen LogP contribution in [0.3, 0.4) is 0 Å². The van der Waals surface area contributed by atoms with Crippen molar-refractivity contribution >= 4 is 0 Å². The summed E-state index contributed by atoms with van der Waals surface area (Å²) in [5, 5.41) is 10.1. The predicted octanol–water partition coefficient (Wildman–Crippen LogP) is 3.56. The molecule has 1 nitrogen and oxygen atoms in total. The molecule has 0 amide bonds. The molecule has 1 heteroatoms. The van der Waals surface area contributed by atoms with Crippen molar-refractivity contribution < 1.29 is 5.11 Å². The van der Waals surface area contributed by atoms with Crippen molar-refractivity contribution in [2.45, 2.75) is 53.6 Å². The molecule has 0 bridgehead atoms. The average Bonchev–Trinajstić information content (AvgIpc) is 2.21. The number of rotatable bonds is 4. The van der Waals surface area contributed by atoms with Crippen molar-refractivity contribution in [2.24, 2.45) is 5.92 Å². The van der Waals surface area contributed by atoms with Gasteiger partial charge in [0.2, 0.25) is 0 Å². The van der Waals surface area contributed by atoms with E-state index in [1.807, 2.05) is 0 Å². The number of hydrogen-bond acceptors (Lipinski definition) is 1. The quantitative estimate of drug-likeness (QED) is 0.822. The molecule has 1 N–H and O–H groups in total. The topological polar surface area (TPSA) is 20.2 Å². The molecular weight excluding hydrogens is 196 g/mol. The summed E-state index contributed by atoms with van der Waals surface area (Å²) in [6.45, 7) is 10.6. The number of aliphatic hydroxyl groups is 1. The number of aliphatic hydroxyl groups excluding tert-OH is 1. The average molecular weight is 220 g/mol. The molecule has 1 aromatic rings. The largest absolute Gasteiger partial charge is 0.393 e. The van der Waals surface area contributed by atoms with Crippen LogP contribution in [0.4, 0.5) is 0 Å². The van der Waals surface area contributed by atoms with Crippen molar-refractivity contribution in [2.75, 3.05) is 0 Å². The van der Waals surface area contributed by atoms with Gasteiger partial charge in [-0.15, -0.1) is 0 Å². The number of benzene rings is 1. The molecule has 0 aromatic heterocycles. The molecule has 2 unspecified atom stereocenters. The van der Waals surface area contributed by atoms with Gasteiger partial charge in [0.05, 0.1) is 6.10 Å². The highest BCUT2D eigenvalue weighted by Gasteiger charge is 2.15. The van der Waals surface area contributed by atoms with Gasteiger partial charge >= 0.3 is 0 Å². The van der Waals surface area contributed by atoms with Gasteiger partial charge < -0.3 is 5.11 Å². The van der Waals surface area contributed by atoms with Gasteiger partial charge in [-0.1, -0.05) is 38.0 Å². The minimum Gasteiger partial charge on any atom is -0.393 e. The second-order valence-electron chi connectivity index (χ2n) is 5.03. The molecular formula is C15H24O. The van der Waals surface area contributed by atoms with Crippen molar-refractivity contribution in [3.63, 3.8) is 0 Å². The summed E-state index contributed by atoms with van der Waals surface area (Å²) < 4.78 is 0. The van der Waals surface area contributed by atoms with Gasteiger partial charge in [0, 0.05) is 0 Å². The Balaban J connectivity index is 2.89. The van der Waals surface area contributed by atoms with E-state index in [-0.39, 0.29) is 6.10 Å². The van der Waals surface area contributed by atoms with Crippen LogP contribution >= 0.6 is 0 Å². The fourth-order valence-electron chi connectivity index (χ4n) is 2.21. The first-order valence-corrected chi connectivity index (χ1v) is 6.20. The summed E-state index contributed by atoms with van der Waals surface area (Å²) >= 11 is 0. The van der Waals surface area contributed by atoms with E-state index < -0.39 is 0 Å². The third kappa shape index (κ3) is 3.08. The lowest BCUT2D eigenvalue weighted by molar-refractivity contribution is 0.114. The van der Waals surface area contributed by atoms with Crippen LogP contribution < -0.4 is 0 Å². The van der Waals surface area contributed by atoms with Crippen LogP contribution in [0.1, 0.15) is 42.5 Å². The van der Waals surface area contributed by atoms with Crippen molar-refractivity contribution in [1.82, 2.24) is 0 Å². The summed E-state index contributed by atoms with van der Waals surface area (Å²) in [5.74, 6) is 0.375. The Kier molecular flexibility index (Phi) is 4.55. The zero-order valence-electron chi connectivity index (χ0n) is 11.2. The molecule has 0 aliphatic heterocycles. The lowest BCUT2D eigenvalue weighted by atomic mass is 9.90. The Morgan fingerprint density at radius 1 is 1.12 bits per heavy atom. The van der Waals surface area contributed by atoms with Gasteiger partial charge in [0.1, 0.15) is 0 Å². The molecule has 0 saturated carbocycles. The van der Waals surface area contributed by atoms with Crippen LogP contribution in [0.5, 0.6) is 0 Å². The highest BCUT2D eigenvalue weighted by atomic mass is 16.3. The normalized spacial score (nSPS) is 14.9. The monoisotopic (exact) mass is 220 g/mol. The van der Waals surface area contributed by atoms with Crippen molar-refractivity contribution in [3.05, 3.63) is 34.4 Å².